The highest BCUT2D eigenvalue weighted by Gasteiger charge is 2.27. The highest BCUT2D eigenvalue weighted by Crippen LogP contribution is 2.31. The predicted molar refractivity (Wildman–Crippen MR) is 91.9 cm³/mol. The Hall–Kier alpha value is -2.53. The van der Waals surface area contributed by atoms with Gasteiger partial charge in [0, 0.05) is 0 Å². The van der Waals surface area contributed by atoms with Gasteiger partial charge in [0.15, 0.2) is 5.11 Å². The summed E-state index contributed by atoms with van der Waals surface area (Å²) in [6, 6.07) is 18.0. The molecule has 0 spiro atoms. The SMILES string of the molecule is COc1ccc(C2=C[C@@H](c3ccccc3)N(C(N)=S)N2)cc1. The van der Waals surface area contributed by atoms with Gasteiger partial charge in [-0.05, 0) is 53.7 Å². The summed E-state index contributed by atoms with van der Waals surface area (Å²) in [4.78, 5) is 0. The van der Waals surface area contributed by atoms with Crippen LogP contribution in [0.1, 0.15) is 17.2 Å². The molecule has 0 bridgehead atoms. The summed E-state index contributed by atoms with van der Waals surface area (Å²) in [6.07, 6.45) is 2.12. The Morgan fingerprint density at radius 1 is 1.14 bits per heavy atom. The molecule has 0 saturated heterocycles. The van der Waals surface area contributed by atoms with Crippen LogP contribution in [0.25, 0.3) is 5.70 Å². The number of nitrogens with zero attached hydrogens (tertiary/aromatic N) is 1. The zero-order valence-electron chi connectivity index (χ0n) is 12.2. The van der Waals surface area contributed by atoms with E-state index in [2.05, 4.69) is 23.6 Å². The molecular formula is C17H17N3OS. The number of hydrogen-bond acceptors (Lipinski definition) is 3. The van der Waals surface area contributed by atoms with Crippen LogP contribution in [-0.4, -0.2) is 17.2 Å². The summed E-state index contributed by atoms with van der Waals surface area (Å²) in [6.45, 7) is 0. The van der Waals surface area contributed by atoms with Gasteiger partial charge in [0.05, 0.1) is 18.8 Å². The third-order valence-electron chi connectivity index (χ3n) is 3.62. The van der Waals surface area contributed by atoms with E-state index >= 15 is 0 Å². The van der Waals surface area contributed by atoms with E-state index in [0.717, 1.165) is 22.6 Å². The fraction of sp³-hybridized carbons (Fsp3) is 0.118. The van der Waals surface area contributed by atoms with Crippen LogP contribution in [0, 0.1) is 0 Å². The zero-order valence-corrected chi connectivity index (χ0v) is 13.0. The van der Waals surface area contributed by atoms with E-state index in [1.165, 1.54) is 0 Å². The smallest absolute Gasteiger partial charge is 0.186 e. The molecule has 1 atom stereocenters. The minimum atomic E-state index is -0.0178. The first kappa shape index (κ1) is 14.4. The largest absolute Gasteiger partial charge is 0.497 e. The lowest BCUT2D eigenvalue weighted by Crippen LogP contribution is -2.42. The quantitative estimate of drug-likeness (QED) is 0.854. The van der Waals surface area contributed by atoms with Crippen LogP contribution in [-0.2, 0) is 0 Å². The van der Waals surface area contributed by atoms with Crippen molar-refractivity contribution < 1.29 is 4.74 Å². The molecule has 1 heterocycles. The predicted octanol–water partition coefficient (Wildman–Crippen LogP) is 2.84. The highest BCUT2D eigenvalue weighted by molar-refractivity contribution is 7.80. The number of hydrogen-bond donors (Lipinski definition) is 2. The van der Waals surface area contributed by atoms with Crippen molar-refractivity contribution in [2.45, 2.75) is 6.04 Å². The fourth-order valence-corrected chi connectivity index (χ4v) is 2.65. The van der Waals surface area contributed by atoms with Crippen LogP contribution in [0.4, 0.5) is 0 Å². The van der Waals surface area contributed by atoms with E-state index in [9.17, 15) is 0 Å². The molecule has 22 heavy (non-hydrogen) atoms. The molecule has 2 aromatic carbocycles. The molecule has 112 valence electrons. The molecule has 5 heteroatoms. The molecule has 0 amide bonds. The van der Waals surface area contributed by atoms with Gasteiger partial charge in [-0.1, -0.05) is 30.3 Å². The van der Waals surface area contributed by atoms with E-state index in [0.29, 0.717) is 5.11 Å². The maximum absolute atomic E-state index is 5.85. The molecule has 4 nitrogen and oxygen atoms in total. The first-order chi connectivity index (χ1) is 10.7. The molecule has 3 rings (SSSR count). The molecule has 0 fully saturated rings. The van der Waals surface area contributed by atoms with Crippen molar-refractivity contribution in [2.24, 2.45) is 5.73 Å². The van der Waals surface area contributed by atoms with Crippen molar-refractivity contribution in [3.63, 3.8) is 0 Å². The first-order valence-corrected chi connectivity index (χ1v) is 7.36. The molecule has 0 radical (unpaired) electrons. The van der Waals surface area contributed by atoms with Gasteiger partial charge >= 0.3 is 0 Å². The van der Waals surface area contributed by atoms with Crippen molar-refractivity contribution in [3.8, 4) is 5.75 Å². The number of ether oxygens (including phenoxy) is 1. The van der Waals surface area contributed by atoms with Crippen LogP contribution in [0.2, 0.25) is 0 Å². The molecular weight excluding hydrogens is 294 g/mol. The maximum Gasteiger partial charge on any atom is 0.186 e. The first-order valence-electron chi connectivity index (χ1n) is 6.95. The number of benzene rings is 2. The van der Waals surface area contributed by atoms with E-state index < -0.39 is 0 Å². The Morgan fingerprint density at radius 2 is 1.82 bits per heavy atom. The lowest BCUT2D eigenvalue weighted by Gasteiger charge is -2.25. The number of hydrazine groups is 1. The van der Waals surface area contributed by atoms with Gasteiger partial charge in [-0.25, -0.2) is 0 Å². The van der Waals surface area contributed by atoms with Gasteiger partial charge in [-0.2, -0.15) is 0 Å². The maximum atomic E-state index is 5.85. The highest BCUT2D eigenvalue weighted by atomic mass is 32.1. The Bertz CT molecular complexity index is 698. The van der Waals surface area contributed by atoms with Gasteiger partial charge in [0.25, 0.3) is 0 Å². The standard InChI is InChI=1S/C17H17N3OS/c1-21-14-9-7-12(8-10-14)15-11-16(20(19-15)17(18)22)13-5-3-2-4-6-13/h2-11,16,19H,1H3,(H2,18,22)/t16-/m0/s1. The lowest BCUT2D eigenvalue weighted by molar-refractivity contribution is 0.345. The van der Waals surface area contributed by atoms with Gasteiger partial charge < -0.3 is 10.5 Å². The summed E-state index contributed by atoms with van der Waals surface area (Å²) in [5, 5.41) is 2.11. The molecule has 2 aromatic rings. The topological polar surface area (TPSA) is 50.5 Å². The minimum absolute atomic E-state index is 0.0178. The van der Waals surface area contributed by atoms with Gasteiger partial charge in [0.2, 0.25) is 0 Å². The molecule has 0 aromatic heterocycles. The summed E-state index contributed by atoms with van der Waals surface area (Å²) >= 11 is 5.16. The van der Waals surface area contributed by atoms with Gasteiger partial charge in [-0.15, -0.1) is 0 Å². The Kier molecular flexibility index (Phi) is 3.98. The van der Waals surface area contributed by atoms with E-state index in [1.54, 1.807) is 12.1 Å². The average Bonchev–Trinajstić information content (AvgIpc) is 3.01. The molecule has 1 aliphatic heterocycles. The average molecular weight is 311 g/mol. The second kappa shape index (κ2) is 6.07. The Labute approximate surface area is 135 Å². The molecule has 1 aliphatic rings. The van der Waals surface area contributed by atoms with Crippen molar-refractivity contribution >= 4 is 23.0 Å². The third-order valence-corrected chi connectivity index (χ3v) is 3.82. The van der Waals surface area contributed by atoms with Crippen molar-refractivity contribution in [1.82, 2.24) is 10.4 Å². The van der Waals surface area contributed by atoms with Crippen molar-refractivity contribution in [1.29, 1.82) is 0 Å². The number of rotatable bonds is 3. The third kappa shape index (κ3) is 2.76. The van der Waals surface area contributed by atoms with Crippen LogP contribution in [0.3, 0.4) is 0 Å². The second-order valence-electron chi connectivity index (χ2n) is 4.98. The van der Waals surface area contributed by atoms with Crippen LogP contribution >= 0.6 is 12.2 Å². The van der Waals surface area contributed by atoms with E-state index in [-0.39, 0.29) is 6.04 Å². The number of nitrogens with two attached hydrogens (primary N) is 1. The van der Waals surface area contributed by atoms with Gasteiger partial charge in [-0.3, -0.25) is 10.4 Å². The monoisotopic (exact) mass is 311 g/mol. The van der Waals surface area contributed by atoms with Crippen LogP contribution in [0.5, 0.6) is 5.75 Å². The summed E-state index contributed by atoms with van der Waals surface area (Å²) < 4.78 is 5.19. The molecule has 0 aliphatic carbocycles. The lowest BCUT2D eigenvalue weighted by atomic mass is 10.0. The normalized spacial score (nSPS) is 16.9. The van der Waals surface area contributed by atoms with Crippen LogP contribution in [0.15, 0.2) is 60.7 Å². The molecule has 0 unspecified atom stereocenters. The van der Waals surface area contributed by atoms with E-state index in [4.69, 9.17) is 22.7 Å². The number of thiocarbonyl (C=S) groups is 1. The summed E-state index contributed by atoms with van der Waals surface area (Å²) in [5.41, 5.74) is 12.3. The van der Waals surface area contributed by atoms with E-state index in [1.807, 2.05) is 42.5 Å². The summed E-state index contributed by atoms with van der Waals surface area (Å²) in [5.74, 6) is 0.827. The summed E-state index contributed by atoms with van der Waals surface area (Å²) in [7, 11) is 1.65. The number of methoxy groups -OCH3 is 1. The van der Waals surface area contributed by atoms with Crippen LogP contribution < -0.4 is 15.9 Å². The Morgan fingerprint density at radius 3 is 2.41 bits per heavy atom. The second-order valence-corrected chi connectivity index (χ2v) is 5.40. The van der Waals surface area contributed by atoms with Crippen molar-refractivity contribution in [2.75, 3.05) is 7.11 Å². The molecule has 0 saturated carbocycles. The Balaban J connectivity index is 1.93. The molecule has 3 N–H and O–H groups in total. The minimum Gasteiger partial charge on any atom is -0.497 e. The zero-order chi connectivity index (χ0) is 15.5. The fourth-order valence-electron chi connectivity index (χ4n) is 2.49. The van der Waals surface area contributed by atoms with Crippen molar-refractivity contribution in [3.05, 3.63) is 71.8 Å². The van der Waals surface area contributed by atoms with Gasteiger partial charge in [0.1, 0.15) is 5.75 Å². The number of nitrogens with one attached hydrogen (secondary N) is 1.